The van der Waals surface area contributed by atoms with Gasteiger partial charge >= 0.3 is 0 Å². The van der Waals surface area contributed by atoms with Crippen LogP contribution in [0.5, 0.6) is 11.5 Å². The molecule has 3 aromatic rings. The van der Waals surface area contributed by atoms with Gasteiger partial charge in [0.05, 0.1) is 7.11 Å². The first-order valence-electron chi connectivity index (χ1n) is 9.30. The number of aryl methyl sites for hydroxylation is 1. The quantitative estimate of drug-likeness (QED) is 0.580. The van der Waals surface area contributed by atoms with Crippen molar-refractivity contribution in [2.45, 2.75) is 33.0 Å². The second kappa shape index (κ2) is 9.24. The lowest BCUT2D eigenvalue weighted by Crippen LogP contribution is -2.18. The van der Waals surface area contributed by atoms with Gasteiger partial charge in [0, 0.05) is 18.2 Å². The number of para-hydroxylation sites is 1. The number of nitrogens with one attached hydrogen (secondary N) is 1. The first kappa shape index (κ1) is 19.0. The fourth-order valence-corrected chi connectivity index (χ4v) is 2.99. The van der Waals surface area contributed by atoms with Gasteiger partial charge in [0.2, 0.25) is 0 Å². The molecule has 0 heterocycles. The SMILES string of the molecule is COc1cccc(CN[C@H](C)c2ccccc2)c1OCc1ccc(C)cc1. The minimum absolute atomic E-state index is 0.252. The molecule has 3 nitrogen and oxygen atoms in total. The van der Waals surface area contributed by atoms with Gasteiger partial charge in [0.15, 0.2) is 11.5 Å². The summed E-state index contributed by atoms with van der Waals surface area (Å²) in [5.41, 5.74) is 4.74. The van der Waals surface area contributed by atoms with Gasteiger partial charge in [-0.3, -0.25) is 0 Å². The Bertz CT molecular complexity index is 844. The predicted molar refractivity (Wildman–Crippen MR) is 110 cm³/mol. The maximum Gasteiger partial charge on any atom is 0.166 e. The molecule has 3 rings (SSSR count). The van der Waals surface area contributed by atoms with Crippen LogP contribution in [0.1, 0.15) is 35.2 Å². The lowest BCUT2D eigenvalue weighted by molar-refractivity contribution is 0.280. The number of hydrogen-bond donors (Lipinski definition) is 1. The standard InChI is InChI=1S/C24H27NO2/c1-18-12-14-20(15-13-18)17-27-24-22(10-7-11-23(24)26-3)16-25-19(2)21-8-5-4-6-9-21/h4-15,19,25H,16-17H2,1-3H3/t19-/m1/s1. The van der Waals surface area contributed by atoms with Crippen molar-refractivity contribution in [3.8, 4) is 11.5 Å². The Morgan fingerprint density at radius 1 is 0.889 bits per heavy atom. The highest BCUT2D eigenvalue weighted by atomic mass is 16.5. The molecule has 1 N–H and O–H groups in total. The molecular formula is C24H27NO2. The zero-order valence-corrected chi connectivity index (χ0v) is 16.2. The van der Waals surface area contributed by atoms with E-state index in [1.54, 1.807) is 7.11 Å². The van der Waals surface area contributed by atoms with E-state index in [0.29, 0.717) is 13.2 Å². The molecule has 0 aliphatic heterocycles. The third-order valence-electron chi connectivity index (χ3n) is 4.68. The van der Waals surface area contributed by atoms with Crippen molar-refractivity contribution in [1.29, 1.82) is 0 Å². The van der Waals surface area contributed by atoms with E-state index in [4.69, 9.17) is 9.47 Å². The van der Waals surface area contributed by atoms with Crippen LogP contribution in [0.25, 0.3) is 0 Å². The van der Waals surface area contributed by atoms with Gasteiger partial charge in [-0.15, -0.1) is 0 Å². The van der Waals surface area contributed by atoms with Crippen molar-refractivity contribution in [3.05, 3.63) is 95.1 Å². The number of rotatable bonds is 8. The molecule has 0 fully saturated rings. The molecule has 0 aliphatic carbocycles. The van der Waals surface area contributed by atoms with Gasteiger partial charge < -0.3 is 14.8 Å². The fourth-order valence-electron chi connectivity index (χ4n) is 2.99. The number of benzene rings is 3. The van der Waals surface area contributed by atoms with E-state index in [1.165, 1.54) is 11.1 Å². The molecule has 0 radical (unpaired) electrons. The number of ether oxygens (including phenoxy) is 2. The molecule has 0 saturated heterocycles. The van der Waals surface area contributed by atoms with Crippen LogP contribution in [-0.2, 0) is 13.2 Å². The van der Waals surface area contributed by atoms with Crippen molar-refractivity contribution in [2.75, 3.05) is 7.11 Å². The summed E-state index contributed by atoms with van der Waals surface area (Å²) in [4.78, 5) is 0. The van der Waals surface area contributed by atoms with Crippen molar-refractivity contribution < 1.29 is 9.47 Å². The Hall–Kier alpha value is -2.78. The molecule has 3 heteroatoms. The lowest BCUT2D eigenvalue weighted by Gasteiger charge is -2.18. The van der Waals surface area contributed by atoms with Crippen LogP contribution in [-0.4, -0.2) is 7.11 Å². The summed E-state index contributed by atoms with van der Waals surface area (Å²) >= 11 is 0. The second-order valence-corrected chi connectivity index (χ2v) is 6.74. The van der Waals surface area contributed by atoms with E-state index >= 15 is 0 Å². The van der Waals surface area contributed by atoms with E-state index < -0.39 is 0 Å². The summed E-state index contributed by atoms with van der Waals surface area (Å²) in [5.74, 6) is 1.56. The monoisotopic (exact) mass is 361 g/mol. The summed E-state index contributed by atoms with van der Waals surface area (Å²) in [6, 6.07) is 25.1. The van der Waals surface area contributed by atoms with E-state index in [1.807, 2.05) is 18.2 Å². The Kier molecular flexibility index (Phi) is 6.50. The largest absolute Gasteiger partial charge is 0.493 e. The van der Waals surface area contributed by atoms with Crippen LogP contribution >= 0.6 is 0 Å². The summed E-state index contributed by atoms with van der Waals surface area (Å²) in [7, 11) is 1.68. The molecule has 0 unspecified atom stereocenters. The number of hydrogen-bond acceptors (Lipinski definition) is 3. The first-order valence-corrected chi connectivity index (χ1v) is 9.30. The summed E-state index contributed by atoms with van der Waals surface area (Å²) in [5, 5.41) is 3.58. The van der Waals surface area contributed by atoms with Crippen molar-refractivity contribution >= 4 is 0 Å². The smallest absolute Gasteiger partial charge is 0.166 e. The molecule has 0 aromatic heterocycles. The topological polar surface area (TPSA) is 30.5 Å². The van der Waals surface area contributed by atoms with Gasteiger partial charge in [-0.2, -0.15) is 0 Å². The molecule has 140 valence electrons. The zero-order valence-electron chi connectivity index (χ0n) is 16.2. The number of methoxy groups -OCH3 is 1. The highest BCUT2D eigenvalue weighted by Crippen LogP contribution is 2.32. The molecule has 0 bridgehead atoms. The van der Waals surface area contributed by atoms with Crippen LogP contribution < -0.4 is 14.8 Å². The van der Waals surface area contributed by atoms with Crippen LogP contribution in [0, 0.1) is 6.92 Å². The maximum absolute atomic E-state index is 6.16. The van der Waals surface area contributed by atoms with E-state index in [9.17, 15) is 0 Å². The Morgan fingerprint density at radius 3 is 2.33 bits per heavy atom. The average Bonchev–Trinajstić information content (AvgIpc) is 2.72. The Morgan fingerprint density at radius 2 is 1.63 bits per heavy atom. The third-order valence-corrected chi connectivity index (χ3v) is 4.68. The van der Waals surface area contributed by atoms with Crippen LogP contribution in [0.4, 0.5) is 0 Å². The fraction of sp³-hybridized carbons (Fsp3) is 0.250. The van der Waals surface area contributed by atoms with Gasteiger partial charge in [-0.05, 0) is 31.0 Å². The van der Waals surface area contributed by atoms with Crippen LogP contribution in [0.3, 0.4) is 0 Å². The normalized spacial score (nSPS) is 11.8. The summed E-state index contributed by atoms with van der Waals surface area (Å²) in [6.45, 7) is 5.48. The van der Waals surface area contributed by atoms with Crippen LogP contribution in [0.15, 0.2) is 72.8 Å². The maximum atomic E-state index is 6.16. The van der Waals surface area contributed by atoms with E-state index in [0.717, 1.165) is 22.6 Å². The highest BCUT2D eigenvalue weighted by molar-refractivity contribution is 5.46. The summed E-state index contributed by atoms with van der Waals surface area (Å²) < 4.78 is 11.7. The Labute approximate surface area is 162 Å². The third kappa shape index (κ3) is 5.11. The average molecular weight is 361 g/mol. The summed E-state index contributed by atoms with van der Waals surface area (Å²) in [6.07, 6.45) is 0. The van der Waals surface area contributed by atoms with Crippen LogP contribution in [0.2, 0.25) is 0 Å². The molecule has 0 amide bonds. The molecular weight excluding hydrogens is 334 g/mol. The molecule has 0 saturated carbocycles. The Balaban J connectivity index is 1.71. The predicted octanol–water partition coefficient (Wildman–Crippen LogP) is 5.43. The second-order valence-electron chi connectivity index (χ2n) is 6.74. The molecule has 3 aromatic carbocycles. The van der Waals surface area contributed by atoms with E-state index in [-0.39, 0.29) is 6.04 Å². The van der Waals surface area contributed by atoms with Gasteiger partial charge in [0.25, 0.3) is 0 Å². The first-order chi connectivity index (χ1) is 13.2. The molecule has 27 heavy (non-hydrogen) atoms. The molecule has 0 aliphatic rings. The van der Waals surface area contributed by atoms with Crippen molar-refractivity contribution in [3.63, 3.8) is 0 Å². The highest BCUT2D eigenvalue weighted by Gasteiger charge is 2.12. The minimum atomic E-state index is 0.252. The molecule has 1 atom stereocenters. The van der Waals surface area contributed by atoms with Crippen molar-refractivity contribution in [1.82, 2.24) is 5.32 Å². The van der Waals surface area contributed by atoms with Crippen molar-refractivity contribution in [2.24, 2.45) is 0 Å². The minimum Gasteiger partial charge on any atom is -0.493 e. The van der Waals surface area contributed by atoms with Gasteiger partial charge in [-0.1, -0.05) is 72.3 Å². The lowest BCUT2D eigenvalue weighted by atomic mass is 10.1. The van der Waals surface area contributed by atoms with Gasteiger partial charge in [-0.25, -0.2) is 0 Å². The van der Waals surface area contributed by atoms with Gasteiger partial charge in [0.1, 0.15) is 6.61 Å². The van der Waals surface area contributed by atoms with E-state index in [2.05, 4.69) is 73.8 Å². The zero-order chi connectivity index (χ0) is 19.1. The molecule has 0 spiro atoms.